The van der Waals surface area contributed by atoms with Gasteiger partial charge < -0.3 is 15.4 Å². The summed E-state index contributed by atoms with van der Waals surface area (Å²) in [5.41, 5.74) is 5.52. The third-order valence-electron chi connectivity index (χ3n) is 5.40. The van der Waals surface area contributed by atoms with Crippen molar-refractivity contribution in [1.29, 1.82) is 0 Å². The van der Waals surface area contributed by atoms with Crippen LogP contribution in [-0.4, -0.2) is 18.4 Å². The zero-order chi connectivity index (χ0) is 22.9. The van der Waals surface area contributed by atoms with Crippen LogP contribution in [0.4, 0.5) is 11.4 Å². The summed E-state index contributed by atoms with van der Waals surface area (Å²) in [5.74, 6) is 0.141. The number of benzene rings is 3. The average molecular weight is 431 g/mol. The highest BCUT2D eigenvalue weighted by Gasteiger charge is 2.12. The molecule has 32 heavy (non-hydrogen) atoms. The molecule has 0 fully saturated rings. The number of anilines is 2. The van der Waals surface area contributed by atoms with Crippen LogP contribution in [0.1, 0.15) is 47.8 Å². The van der Waals surface area contributed by atoms with Gasteiger partial charge in [0.15, 0.2) is 6.61 Å². The minimum Gasteiger partial charge on any atom is -0.484 e. The lowest BCUT2D eigenvalue weighted by molar-refractivity contribution is -0.118. The normalized spacial score (nSPS) is 10.5. The lowest BCUT2D eigenvalue weighted by Crippen LogP contribution is -2.21. The molecule has 0 aromatic heterocycles. The predicted octanol–water partition coefficient (Wildman–Crippen LogP) is 5.64. The predicted molar refractivity (Wildman–Crippen MR) is 130 cm³/mol. The molecule has 3 aromatic rings. The van der Waals surface area contributed by atoms with Crippen molar-refractivity contribution in [3.63, 3.8) is 0 Å². The molecule has 0 spiro atoms. The molecule has 0 aliphatic heterocycles. The number of nitrogens with one attached hydrogen (secondary N) is 2. The number of hydrogen-bond acceptors (Lipinski definition) is 3. The van der Waals surface area contributed by atoms with Gasteiger partial charge in [-0.3, -0.25) is 9.59 Å². The molecule has 5 nitrogen and oxygen atoms in total. The maximum atomic E-state index is 12.6. The van der Waals surface area contributed by atoms with E-state index in [0.717, 1.165) is 47.3 Å². The van der Waals surface area contributed by atoms with Gasteiger partial charge in [0.05, 0.1) is 0 Å². The minimum atomic E-state index is -0.210. The number of hydrogen-bond donors (Lipinski definition) is 2. The molecule has 0 aliphatic rings. The number of amides is 2. The van der Waals surface area contributed by atoms with Crippen molar-refractivity contribution in [2.75, 3.05) is 17.2 Å². The van der Waals surface area contributed by atoms with Crippen LogP contribution in [0.25, 0.3) is 0 Å². The third kappa shape index (κ3) is 5.76. The van der Waals surface area contributed by atoms with E-state index in [9.17, 15) is 9.59 Å². The van der Waals surface area contributed by atoms with Crippen LogP contribution in [0.3, 0.4) is 0 Å². The van der Waals surface area contributed by atoms with Crippen molar-refractivity contribution in [3.05, 3.63) is 89.0 Å². The molecule has 0 aliphatic carbocycles. The SMILES string of the molecule is CCc1ccccc1NC(=O)c1ccc(OCC(=O)Nc2c(CC)cccc2CC)cc1. The first-order valence-corrected chi connectivity index (χ1v) is 11.1. The van der Waals surface area contributed by atoms with Crippen LogP contribution in [0.15, 0.2) is 66.7 Å². The zero-order valence-corrected chi connectivity index (χ0v) is 18.9. The number of aryl methyl sites for hydroxylation is 3. The fourth-order valence-corrected chi connectivity index (χ4v) is 3.58. The number of carbonyl (C=O) groups excluding carboxylic acids is 2. The molecule has 0 unspecified atom stereocenters. The first kappa shape index (κ1) is 23.1. The highest BCUT2D eigenvalue weighted by molar-refractivity contribution is 6.04. The molecular weight excluding hydrogens is 400 g/mol. The Morgan fingerprint density at radius 3 is 1.94 bits per heavy atom. The van der Waals surface area contributed by atoms with E-state index in [-0.39, 0.29) is 18.4 Å². The summed E-state index contributed by atoms with van der Waals surface area (Å²) in [5, 5.41) is 5.94. The Kier molecular flexibility index (Phi) is 8.03. The van der Waals surface area contributed by atoms with E-state index in [2.05, 4.69) is 31.4 Å². The van der Waals surface area contributed by atoms with Crippen molar-refractivity contribution < 1.29 is 14.3 Å². The summed E-state index contributed by atoms with van der Waals surface area (Å²) in [4.78, 5) is 25.0. The van der Waals surface area contributed by atoms with Crippen LogP contribution >= 0.6 is 0 Å². The summed E-state index contributed by atoms with van der Waals surface area (Å²) in [6, 6.07) is 20.6. The summed E-state index contributed by atoms with van der Waals surface area (Å²) in [6.07, 6.45) is 2.53. The van der Waals surface area contributed by atoms with Crippen molar-refractivity contribution in [2.24, 2.45) is 0 Å². The second-order valence-electron chi connectivity index (χ2n) is 7.48. The van der Waals surface area contributed by atoms with Crippen LogP contribution in [-0.2, 0) is 24.1 Å². The zero-order valence-electron chi connectivity index (χ0n) is 18.9. The summed E-state index contributed by atoms with van der Waals surface area (Å²) in [6.45, 7) is 6.09. The van der Waals surface area contributed by atoms with Crippen molar-refractivity contribution in [1.82, 2.24) is 0 Å². The molecule has 0 saturated carbocycles. The van der Waals surface area contributed by atoms with Gasteiger partial charge in [0.1, 0.15) is 5.75 Å². The molecule has 2 amide bonds. The maximum Gasteiger partial charge on any atom is 0.262 e. The Balaban J connectivity index is 1.58. The van der Waals surface area contributed by atoms with Crippen LogP contribution < -0.4 is 15.4 Å². The Morgan fingerprint density at radius 1 is 0.719 bits per heavy atom. The molecule has 2 N–H and O–H groups in total. The summed E-state index contributed by atoms with van der Waals surface area (Å²) < 4.78 is 5.63. The molecule has 0 atom stereocenters. The Hall–Kier alpha value is -3.60. The molecule has 0 radical (unpaired) electrons. The molecule has 0 heterocycles. The first-order valence-electron chi connectivity index (χ1n) is 11.1. The second-order valence-corrected chi connectivity index (χ2v) is 7.48. The lowest BCUT2D eigenvalue weighted by Gasteiger charge is -2.15. The number of ether oxygens (including phenoxy) is 1. The highest BCUT2D eigenvalue weighted by Crippen LogP contribution is 2.23. The number of para-hydroxylation sites is 2. The minimum absolute atomic E-state index is 0.101. The third-order valence-corrected chi connectivity index (χ3v) is 5.40. The van der Waals surface area contributed by atoms with E-state index in [1.165, 1.54) is 0 Å². The monoisotopic (exact) mass is 430 g/mol. The molecule has 5 heteroatoms. The fourth-order valence-electron chi connectivity index (χ4n) is 3.58. The van der Waals surface area contributed by atoms with Crippen molar-refractivity contribution in [3.8, 4) is 5.75 Å². The fraction of sp³-hybridized carbons (Fsp3) is 0.259. The van der Waals surface area contributed by atoms with Crippen LogP contribution in [0.5, 0.6) is 5.75 Å². The standard InChI is InChI=1S/C27H30N2O3/c1-4-19-10-7-8-13-24(19)28-27(31)22-14-16-23(17-15-22)32-18-25(30)29-26-20(5-2)11-9-12-21(26)6-3/h7-17H,4-6,18H2,1-3H3,(H,28,31)(H,29,30). The Bertz CT molecular complexity index is 1050. The van der Waals surface area contributed by atoms with E-state index in [4.69, 9.17) is 4.74 Å². The summed E-state index contributed by atoms with van der Waals surface area (Å²) in [7, 11) is 0. The smallest absolute Gasteiger partial charge is 0.262 e. The molecular formula is C27H30N2O3. The number of rotatable bonds is 9. The van der Waals surface area contributed by atoms with Gasteiger partial charge in [-0.25, -0.2) is 0 Å². The maximum absolute atomic E-state index is 12.6. The molecule has 0 bridgehead atoms. The highest BCUT2D eigenvalue weighted by atomic mass is 16.5. The van der Waals surface area contributed by atoms with Gasteiger partial charge in [0.25, 0.3) is 11.8 Å². The lowest BCUT2D eigenvalue weighted by atomic mass is 10.0. The summed E-state index contributed by atoms with van der Waals surface area (Å²) >= 11 is 0. The van der Waals surface area contributed by atoms with Crippen molar-refractivity contribution in [2.45, 2.75) is 40.0 Å². The van der Waals surface area contributed by atoms with Crippen LogP contribution in [0.2, 0.25) is 0 Å². The van der Waals surface area contributed by atoms with Crippen molar-refractivity contribution >= 4 is 23.2 Å². The topological polar surface area (TPSA) is 67.4 Å². The molecule has 3 rings (SSSR count). The molecule has 166 valence electrons. The molecule has 0 saturated heterocycles. The van der Waals surface area contributed by atoms with Crippen LogP contribution in [0, 0.1) is 0 Å². The van der Waals surface area contributed by atoms with Gasteiger partial charge in [0, 0.05) is 16.9 Å². The Morgan fingerprint density at radius 2 is 1.31 bits per heavy atom. The van der Waals surface area contributed by atoms with E-state index in [1.807, 2.05) is 42.5 Å². The van der Waals surface area contributed by atoms with E-state index in [1.54, 1.807) is 24.3 Å². The van der Waals surface area contributed by atoms with Gasteiger partial charge in [-0.05, 0) is 66.3 Å². The van der Waals surface area contributed by atoms with E-state index >= 15 is 0 Å². The number of carbonyl (C=O) groups is 2. The van der Waals surface area contributed by atoms with Gasteiger partial charge >= 0.3 is 0 Å². The molecule has 3 aromatic carbocycles. The van der Waals surface area contributed by atoms with E-state index < -0.39 is 0 Å². The van der Waals surface area contributed by atoms with Gasteiger partial charge in [-0.1, -0.05) is 57.2 Å². The quantitative estimate of drug-likeness (QED) is 0.461. The van der Waals surface area contributed by atoms with Gasteiger partial charge in [-0.15, -0.1) is 0 Å². The van der Waals surface area contributed by atoms with Gasteiger partial charge in [-0.2, -0.15) is 0 Å². The average Bonchev–Trinajstić information content (AvgIpc) is 2.83. The largest absolute Gasteiger partial charge is 0.484 e. The first-order chi connectivity index (χ1) is 15.5. The van der Waals surface area contributed by atoms with E-state index in [0.29, 0.717) is 11.3 Å². The second kappa shape index (κ2) is 11.1. The Labute approximate surface area is 189 Å². The van der Waals surface area contributed by atoms with Gasteiger partial charge in [0.2, 0.25) is 0 Å².